The minimum absolute atomic E-state index is 0.448. The van der Waals surface area contributed by atoms with Crippen molar-refractivity contribution in [2.45, 2.75) is 6.61 Å². The Bertz CT molecular complexity index is 594. The third-order valence-corrected chi connectivity index (χ3v) is 3.97. The highest BCUT2D eigenvalue weighted by Crippen LogP contribution is 2.25. The smallest absolute Gasteiger partial charge is 0.163 e. The van der Waals surface area contributed by atoms with Gasteiger partial charge in [-0.15, -0.1) is 0 Å². The summed E-state index contributed by atoms with van der Waals surface area (Å²) in [7, 11) is 3.49. The molecule has 0 aliphatic rings. The first-order valence-corrected chi connectivity index (χ1v) is 7.37. The highest BCUT2D eigenvalue weighted by molar-refractivity contribution is 14.1. The van der Waals surface area contributed by atoms with Crippen molar-refractivity contribution in [1.29, 1.82) is 0 Å². The van der Waals surface area contributed by atoms with Crippen molar-refractivity contribution in [2.24, 2.45) is 0 Å². The highest BCUT2D eigenvalue weighted by atomic mass is 127. The summed E-state index contributed by atoms with van der Waals surface area (Å²) in [5.74, 6) is 1.42. The molecule has 100 valence electrons. The summed E-state index contributed by atoms with van der Waals surface area (Å²) in [6.45, 7) is 0.448. The third-order valence-electron chi connectivity index (χ3n) is 2.40. The number of methoxy groups -OCH3 is 1. The quantitative estimate of drug-likeness (QED) is 0.749. The van der Waals surface area contributed by atoms with Crippen LogP contribution < -0.4 is 5.32 Å². The summed E-state index contributed by atoms with van der Waals surface area (Å²) in [4.78, 5) is 13.2. The number of nitrogens with zero attached hydrogens (tertiary/aromatic N) is 3. The molecule has 0 fully saturated rings. The normalized spacial score (nSPS) is 10.5. The van der Waals surface area contributed by atoms with Crippen molar-refractivity contribution < 1.29 is 4.74 Å². The monoisotopic (exact) mass is 434 g/mol. The van der Waals surface area contributed by atoms with Crippen molar-refractivity contribution in [3.63, 3.8) is 0 Å². The van der Waals surface area contributed by atoms with Gasteiger partial charge >= 0.3 is 0 Å². The fourth-order valence-corrected chi connectivity index (χ4v) is 2.59. The summed E-state index contributed by atoms with van der Waals surface area (Å²) in [6.07, 6.45) is 3.47. The van der Waals surface area contributed by atoms with Crippen LogP contribution in [0.25, 0.3) is 11.4 Å². The molecule has 0 atom stereocenters. The Hall–Kier alpha value is -0.800. The predicted octanol–water partition coefficient (Wildman–Crippen LogP) is 3.09. The van der Waals surface area contributed by atoms with Crippen LogP contribution in [0.2, 0.25) is 0 Å². The van der Waals surface area contributed by atoms with Crippen LogP contribution in [0.4, 0.5) is 5.82 Å². The molecule has 0 saturated heterocycles. The Balaban J connectivity index is 2.54. The highest BCUT2D eigenvalue weighted by Gasteiger charge is 2.13. The average Bonchev–Trinajstić information content (AvgIpc) is 2.41. The van der Waals surface area contributed by atoms with Crippen LogP contribution in [0.1, 0.15) is 5.69 Å². The maximum Gasteiger partial charge on any atom is 0.163 e. The Morgan fingerprint density at radius 2 is 2.16 bits per heavy atom. The second-order valence-corrected chi connectivity index (χ2v) is 5.73. The molecular formula is C12H12BrIN4O. The number of halogens is 2. The summed E-state index contributed by atoms with van der Waals surface area (Å²) >= 11 is 5.61. The predicted molar refractivity (Wildman–Crippen MR) is 85.9 cm³/mol. The summed E-state index contributed by atoms with van der Waals surface area (Å²) in [5.41, 5.74) is 1.72. The molecule has 0 aliphatic heterocycles. The Morgan fingerprint density at radius 3 is 2.79 bits per heavy atom. The lowest BCUT2D eigenvalue weighted by Crippen LogP contribution is -2.06. The van der Waals surface area contributed by atoms with E-state index < -0.39 is 0 Å². The maximum absolute atomic E-state index is 5.18. The lowest BCUT2D eigenvalue weighted by atomic mass is 10.2. The van der Waals surface area contributed by atoms with E-state index in [-0.39, 0.29) is 0 Å². The zero-order valence-corrected chi connectivity index (χ0v) is 14.2. The number of anilines is 1. The van der Waals surface area contributed by atoms with Gasteiger partial charge in [0, 0.05) is 36.6 Å². The standard InChI is InChI=1S/C12H12BrIN4O/c1-15-12-10(14)9(6-19-2)17-11(18-12)7-3-8(13)5-16-4-7/h3-5H,6H2,1-2H3,(H,15,17,18). The van der Waals surface area contributed by atoms with E-state index in [2.05, 4.69) is 58.8 Å². The molecule has 0 saturated carbocycles. The van der Waals surface area contributed by atoms with E-state index in [4.69, 9.17) is 4.74 Å². The topological polar surface area (TPSA) is 59.9 Å². The number of nitrogens with one attached hydrogen (secondary N) is 1. The van der Waals surface area contributed by atoms with Gasteiger partial charge in [-0.05, 0) is 44.6 Å². The summed E-state index contributed by atoms with van der Waals surface area (Å²) < 4.78 is 7.04. The van der Waals surface area contributed by atoms with Crippen molar-refractivity contribution in [3.05, 3.63) is 32.2 Å². The maximum atomic E-state index is 5.18. The number of aromatic nitrogens is 3. The molecule has 0 radical (unpaired) electrons. The van der Waals surface area contributed by atoms with Gasteiger partial charge < -0.3 is 10.1 Å². The average molecular weight is 435 g/mol. The van der Waals surface area contributed by atoms with Crippen molar-refractivity contribution in [3.8, 4) is 11.4 Å². The van der Waals surface area contributed by atoms with Gasteiger partial charge in [0.2, 0.25) is 0 Å². The van der Waals surface area contributed by atoms with Gasteiger partial charge in [-0.3, -0.25) is 4.98 Å². The fourth-order valence-electron chi connectivity index (χ4n) is 1.55. The van der Waals surface area contributed by atoms with Gasteiger partial charge in [0.05, 0.1) is 15.9 Å². The van der Waals surface area contributed by atoms with Crippen molar-refractivity contribution in [2.75, 3.05) is 19.5 Å². The second kappa shape index (κ2) is 6.58. The molecule has 0 unspecified atom stereocenters. The van der Waals surface area contributed by atoms with Crippen molar-refractivity contribution in [1.82, 2.24) is 15.0 Å². The zero-order chi connectivity index (χ0) is 13.8. The van der Waals surface area contributed by atoms with E-state index in [0.717, 1.165) is 25.1 Å². The van der Waals surface area contributed by atoms with E-state index in [9.17, 15) is 0 Å². The van der Waals surface area contributed by atoms with E-state index in [0.29, 0.717) is 12.4 Å². The van der Waals surface area contributed by atoms with Gasteiger partial charge in [0.15, 0.2) is 5.82 Å². The van der Waals surface area contributed by atoms with Crippen LogP contribution in [0, 0.1) is 3.57 Å². The third kappa shape index (κ3) is 3.40. The first kappa shape index (κ1) is 14.6. The summed E-state index contributed by atoms with van der Waals surface area (Å²) in [5, 5.41) is 3.07. The van der Waals surface area contributed by atoms with E-state index in [1.54, 1.807) is 19.5 Å². The number of pyridine rings is 1. The minimum Gasteiger partial charge on any atom is -0.378 e. The van der Waals surface area contributed by atoms with Gasteiger partial charge in [-0.1, -0.05) is 0 Å². The second-order valence-electron chi connectivity index (χ2n) is 3.73. The van der Waals surface area contributed by atoms with Gasteiger partial charge in [-0.25, -0.2) is 9.97 Å². The van der Waals surface area contributed by atoms with E-state index >= 15 is 0 Å². The Kier molecular flexibility index (Phi) is 5.06. The molecule has 2 aromatic rings. The van der Waals surface area contributed by atoms with E-state index in [1.165, 1.54) is 0 Å². The molecule has 7 heteroatoms. The molecule has 2 aromatic heterocycles. The Morgan fingerprint density at radius 1 is 1.37 bits per heavy atom. The van der Waals surface area contributed by atoms with Crippen LogP contribution >= 0.6 is 38.5 Å². The summed E-state index contributed by atoms with van der Waals surface area (Å²) in [6, 6.07) is 1.94. The molecule has 2 rings (SSSR count). The van der Waals surface area contributed by atoms with Crippen LogP contribution in [-0.4, -0.2) is 29.1 Å². The molecule has 2 heterocycles. The minimum atomic E-state index is 0.448. The molecule has 0 amide bonds. The van der Waals surface area contributed by atoms with Gasteiger partial charge in [-0.2, -0.15) is 0 Å². The van der Waals surface area contributed by atoms with E-state index in [1.807, 2.05) is 13.1 Å². The van der Waals surface area contributed by atoms with Gasteiger partial charge in [0.25, 0.3) is 0 Å². The first-order valence-electron chi connectivity index (χ1n) is 5.49. The molecule has 19 heavy (non-hydrogen) atoms. The van der Waals surface area contributed by atoms with Crippen LogP contribution in [-0.2, 0) is 11.3 Å². The fraction of sp³-hybridized carbons (Fsp3) is 0.250. The lowest BCUT2D eigenvalue weighted by Gasteiger charge is -2.10. The molecule has 0 aliphatic carbocycles. The number of hydrogen-bond acceptors (Lipinski definition) is 5. The Labute approximate surface area is 133 Å². The van der Waals surface area contributed by atoms with Crippen LogP contribution in [0.15, 0.2) is 22.9 Å². The van der Waals surface area contributed by atoms with Crippen LogP contribution in [0.5, 0.6) is 0 Å². The molecular weight excluding hydrogens is 423 g/mol. The molecule has 0 aromatic carbocycles. The zero-order valence-electron chi connectivity index (χ0n) is 10.4. The molecule has 0 spiro atoms. The number of hydrogen-bond donors (Lipinski definition) is 1. The lowest BCUT2D eigenvalue weighted by molar-refractivity contribution is 0.181. The molecule has 0 bridgehead atoms. The van der Waals surface area contributed by atoms with Crippen molar-refractivity contribution >= 4 is 44.3 Å². The number of rotatable bonds is 4. The number of ether oxygens (including phenoxy) is 1. The van der Waals surface area contributed by atoms with Crippen LogP contribution in [0.3, 0.4) is 0 Å². The van der Waals surface area contributed by atoms with Gasteiger partial charge in [0.1, 0.15) is 5.82 Å². The molecule has 5 nitrogen and oxygen atoms in total. The SMILES string of the molecule is CNc1nc(-c2cncc(Br)c2)nc(COC)c1I. The largest absolute Gasteiger partial charge is 0.378 e. The first-order chi connectivity index (χ1) is 9.15. The molecule has 1 N–H and O–H groups in total.